The highest BCUT2D eigenvalue weighted by molar-refractivity contribution is 5.50. The molecule has 0 unspecified atom stereocenters. The molecule has 0 saturated carbocycles. The third-order valence-corrected chi connectivity index (χ3v) is 1.52. The van der Waals surface area contributed by atoms with Crippen molar-refractivity contribution in [2.75, 3.05) is 7.11 Å². The standard InChI is InChI=1S/C9H8F3NO/c1-14-13-5-4-6-7(10)2-3-8(11)9(6)12/h2-5,13H,1H3/b5-4+. The Labute approximate surface area is 79.0 Å². The first-order valence-corrected chi connectivity index (χ1v) is 3.75. The van der Waals surface area contributed by atoms with Crippen LogP contribution in [0.25, 0.3) is 6.08 Å². The van der Waals surface area contributed by atoms with Crippen LogP contribution < -0.4 is 5.48 Å². The lowest BCUT2D eigenvalue weighted by molar-refractivity contribution is 0.129. The average molecular weight is 203 g/mol. The van der Waals surface area contributed by atoms with Gasteiger partial charge in [-0.2, -0.15) is 0 Å². The minimum Gasteiger partial charge on any atom is -0.280 e. The van der Waals surface area contributed by atoms with Gasteiger partial charge >= 0.3 is 0 Å². The van der Waals surface area contributed by atoms with Crippen LogP contribution in [0.15, 0.2) is 18.3 Å². The summed E-state index contributed by atoms with van der Waals surface area (Å²) >= 11 is 0. The molecular weight excluding hydrogens is 195 g/mol. The minimum atomic E-state index is -1.22. The largest absolute Gasteiger partial charge is 0.280 e. The highest BCUT2D eigenvalue weighted by atomic mass is 19.2. The van der Waals surface area contributed by atoms with Crippen LogP contribution in [0.5, 0.6) is 0 Å². The number of benzene rings is 1. The molecule has 0 bridgehead atoms. The van der Waals surface area contributed by atoms with Crippen molar-refractivity contribution in [1.29, 1.82) is 0 Å². The van der Waals surface area contributed by atoms with E-state index in [-0.39, 0.29) is 0 Å². The Balaban J connectivity index is 3.00. The monoisotopic (exact) mass is 203 g/mol. The maximum Gasteiger partial charge on any atom is 0.169 e. The van der Waals surface area contributed by atoms with Crippen LogP contribution in [0.2, 0.25) is 0 Å². The van der Waals surface area contributed by atoms with Crippen molar-refractivity contribution < 1.29 is 18.0 Å². The molecule has 1 rings (SSSR count). The van der Waals surface area contributed by atoms with Gasteiger partial charge in [0.1, 0.15) is 5.82 Å². The molecular formula is C9H8F3NO. The van der Waals surface area contributed by atoms with Gasteiger partial charge in [-0.25, -0.2) is 13.2 Å². The summed E-state index contributed by atoms with van der Waals surface area (Å²) in [5, 5.41) is 0. The fourth-order valence-corrected chi connectivity index (χ4v) is 0.881. The number of nitrogens with one attached hydrogen (secondary N) is 1. The molecule has 0 aromatic heterocycles. The summed E-state index contributed by atoms with van der Waals surface area (Å²) in [5.74, 6) is -3.15. The number of halogens is 3. The molecule has 0 amide bonds. The number of hydrogen-bond donors (Lipinski definition) is 1. The van der Waals surface area contributed by atoms with Gasteiger partial charge < -0.3 is 0 Å². The molecule has 0 radical (unpaired) electrons. The van der Waals surface area contributed by atoms with Crippen LogP contribution >= 0.6 is 0 Å². The van der Waals surface area contributed by atoms with Gasteiger partial charge in [0.2, 0.25) is 0 Å². The quantitative estimate of drug-likeness (QED) is 0.600. The molecule has 1 aromatic rings. The SMILES string of the molecule is CON/C=C/c1c(F)ccc(F)c1F. The first-order valence-electron chi connectivity index (χ1n) is 3.75. The predicted octanol–water partition coefficient (Wildman–Crippen LogP) is 2.23. The third-order valence-electron chi connectivity index (χ3n) is 1.52. The third kappa shape index (κ3) is 2.26. The lowest BCUT2D eigenvalue weighted by atomic mass is 10.2. The van der Waals surface area contributed by atoms with Gasteiger partial charge in [0, 0.05) is 6.20 Å². The van der Waals surface area contributed by atoms with Gasteiger partial charge in [-0.1, -0.05) is 0 Å². The van der Waals surface area contributed by atoms with E-state index in [1.54, 1.807) is 0 Å². The van der Waals surface area contributed by atoms with Crippen molar-refractivity contribution in [2.45, 2.75) is 0 Å². The summed E-state index contributed by atoms with van der Waals surface area (Å²) in [6, 6.07) is 1.58. The molecule has 14 heavy (non-hydrogen) atoms. The van der Waals surface area contributed by atoms with E-state index in [2.05, 4.69) is 10.3 Å². The first kappa shape index (κ1) is 10.6. The molecule has 0 aliphatic heterocycles. The molecule has 1 aromatic carbocycles. The molecule has 0 saturated heterocycles. The second-order valence-electron chi connectivity index (χ2n) is 2.41. The first-order chi connectivity index (χ1) is 6.66. The molecule has 0 aliphatic rings. The van der Waals surface area contributed by atoms with Crippen LogP contribution in [-0.2, 0) is 4.84 Å². The zero-order valence-electron chi connectivity index (χ0n) is 7.35. The second kappa shape index (κ2) is 4.66. The number of hydroxylamine groups is 1. The van der Waals surface area contributed by atoms with E-state index in [1.165, 1.54) is 7.11 Å². The van der Waals surface area contributed by atoms with Crippen molar-refractivity contribution in [3.63, 3.8) is 0 Å². The Bertz CT molecular complexity index is 352. The van der Waals surface area contributed by atoms with Gasteiger partial charge in [0.15, 0.2) is 11.6 Å². The lowest BCUT2D eigenvalue weighted by Crippen LogP contribution is -2.01. The van der Waals surface area contributed by atoms with Crippen molar-refractivity contribution in [2.24, 2.45) is 0 Å². The summed E-state index contributed by atoms with van der Waals surface area (Å²) in [4.78, 5) is 4.40. The predicted molar refractivity (Wildman–Crippen MR) is 45.5 cm³/mol. The van der Waals surface area contributed by atoms with Crippen LogP contribution in [0, 0.1) is 17.5 Å². The van der Waals surface area contributed by atoms with Crippen LogP contribution in [0.1, 0.15) is 5.56 Å². The Morgan fingerprint density at radius 3 is 2.50 bits per heavy atom. The Hall–Kier alpha value is -1.49. The Morgan fingerprint density at radius 2 is 1.86 bits per heavy atom. The molecule has 76 valence electrons. The fraction of sp³-hybridized carbons (Fsp3) is 0.111. The van der Waals surface area contributed by atoms with E-state index in [0.29, 0.717) is 0 Å². The maximum absolute atomic E-state index is 13.0. The van der Waals surface area contributed by atoms with Gasteiger partial charge in [-0.05, 0) is 18.2 Å². The molecule has 0 spiro atoms. The maximum atomic E-state index is 13.0. The molecule has 0 atom stereocenters. The van der Waals surface area contributed by atoms with E-state index in [0.717, 1.165) is 24.4 Å². The molecule has 5 heteroatoms. The minimum absolute atomic E-state index is 0.449. The summed E-state index contributed by atoms with van der Waals surface area (Å²) in [5.41, 5.74) is 1.78. The molecule has 0 heterocycles. The van der Waals surface area contributed by atoms with Crippen LogP contribution in [-0.4, -0.2) is 7.11 Å². The summed E-state index contributed by atoms with van der Waals surface area (Å²) in [6.07, 6.45) is 2.19. The number of rotatable bonds is 3. The van der Waals surface area contributed by atoms with Gasteiger partial charge in [0.25, 0.3) is 0 Å². The topological polar surface area (TPSA) is 21.3 Å². The van der Waals surface area contributed by atoms with Crippen molar-refractivity contribution in [1.82, 2.24) is 5.48 Å². The molecule has 0 aliphatic carbocycles. The van der Waals surface area contributed by atoms with E-state index in [1.807, 2.05) is 0 Å². The second-order valence-corrected chi connectivity index (χ2v) is 2.41. The van der Waals surface area contributed by atoms with Gasteiger partial charge in [-0.15, -0.1) is 0 Å². The fourth-order valence-electron chi connectivity index (χ4n) is 0.881. The highest BCUT2D eigenvalue weighted by Gasteiger charge is 2.10. The normalized spacial score (nSPS) is 10.9. The summed E-state index contributed by atoms with van der Waals surface area (Å²) < 4.78 is 38.5. The van der Waals surface area contributed by atoms with Crippen molar-refractivity contribution in [3.8, 4) is 0 Å². The zero-order valence-corrected chi connectivity index (χ0v) is 7.35. The number of hydrogen-bond acceptors (Lipinski definition) is 2. The molecule has 0 fully saturated rings. The lowest BCUT2D eigenvalue weighted by Gasteiger charge is -2.00. The van der Waals surface area contributed by atoms with Gasteiger partial charge in [-0.3, -0.25) is 10.3 Å². The Morgan fingerprint density at radius 1 is 1.21 bits per heavy atom. The van der Waals surface area contributed by atoms with E-state index < -0.39 is 23.0 Å². The van der Waals surface area contributed by atoms with Crippen LogP contribution in [0.4, 0.5) is 13.2 Å². The van der Waals surface area contributed by atoms with Gasteiger partial charge in [0.05, 0.1) is 12.7 Å². The van der Waals surface area contributed by atoms with Crippen molar-refractivity contribution in [3.05, 3.63) is 41.3 Å². The van der Waals surface area contributed by atoms with Crippen LogP contribution in [0.3, 0.4) is 0 Å². The Kier molecular flexibility index (Phi) is 3.53. The van der Waals surface area contributed by atoms with E-state index in [4.69, 9.17) is 0 Å². The van der Waals surface area contributed by atoms with E-state index >= 15 is 0 Å². The molecule has 2 nitrogen and oxygen atoms in total. The summed E-state index contributed by atoms with van der Waals surface area (Å²) in [7, 11) is 1.34. The zero-order chi connectivity index (χ0) is 10.6. The average Bonchev–Trinajstić information content (AvgIpc) is 2.18. The smallest absolute Gasteiger partial charge is 0.169 e. The molecule has 1 N–H and O–H groups in total. The summed E-state index contributed by atoms with van der Waals surface area (Å²) in [6.45, 7) is 0. The highest BCUT2D eigenvalue weighted by Crippen LogP contribution is 2.16. The van der Waals surface area contributed by atoms with Crippen molar-refractivity contribution >= 4 is 6.08 Å². The van der Waals surface area contributed by atoms with E-state index in [9.17, 15) is 13.2 Å².